The van der Waals surface area contributed by atoms with Crippen molar-refractivity contribution in [3.63, 3.8) is 0 Å². The zero-order valence-electron chi connectivity index (χ0n) is 11.3. The molecule has 1 saturated heterocycles. The van der Waals surface area contributed by atoms with Gasteiger partial charge in [0, 0.05) is 39.3 Å². The van der Waals surface area contributed by atoms with E-state index >= 15 is 0 Å². The van der Waals surface area contributed by atoms with Crippen LogP contribution in [0.3, 0.4) is 0 Å². The van der Waals surface area contributed by atoms with Crippen LogP contribution in [0.25, 0.3) is 0 Å². The van der Waals surface area contributed by atoms with E-state index in [1.165, 1.54) is 5.56 Å². The molecule has 1 aromatic rings. The fraction of sp³-hybridized carbons (Fsp3) is 0.600. The molecule has 1 N–H and O–H groups in total. The topological polar surface area (TPSA) is 26.7 Å². The molecule has 1 aromatic carbocycles. The SMILES string of the molecule is CC(O)CCN1CCN(Cc2ccccc2)CC1. The summed E-state index contributed by atoms with van der Waals surface area (Å²) in [5.74, 6) is 0. The molecule has 18 heavy (non-hydrogen) atoms. The van der Waals surface area contributed by atoms with Gasteiger partial charge in [-0.1, -0.05) is 30.3 Å². The number of hydrogen-bond donors (Lipinski definition) is 1. The van der Waals surface area contributed by atoms with E-state index in [0.717, 1.165) is 45.7 Å². The predicted octanol–water partition coefficient (Wildman–Crippen LogP) is 1.58. The van der Waals surface area contributed by atoms with Crippen molar-refractivity contribution in [2.24, 2.45) is 0 Å². The number of nitrogens with zero attached hydrogens (tertiary/aromatic N) is 2. The Kier molecular flexibility index (Phi) is 5.17. The van der Waals surface area contributed by atoms with Gasteiger partial charge in [-0.2, -0.15) is 0 Å². The highest BCUT2D eigenvalue weighted by atomic mass is 16.3. The highest BCUT2D eigenvalue weighted by molar-refractivity contribution is 5.14. The van der Waals surface area contributed by atoms with Crippen molar-refractivity contribution in [2.45, 2.75) is 26.0 Å². The molecule has 0 amide bonds. The van der Waals surface area contributed by atoms with Crippen LogP contribution < -0.4 is 0 Å². The average molecular weight is 248 g/mol. The fourth-order valence-electron chi connectivity index (χ4n) is 2.38. The first-order chi connectivity index (χ1) is 8.74. The van der Waals surface area contributed by atoms with Gasteiger partial charge in [-0.05, 0) is 18.9 Å². The molecule has 0 spiro atoms. The summed E-state index contributed by atoms with van der Waals surface area (Å²) in [6.07, 6.45) is 0.714. The second-order valence-corrected chi connectivity index (χ2v) is 5.24. The van der Waals surface area contributed by atoms with Crippen molar-refractivity contribution in [2.75, 3.05) is 32.7 Å². The Hall–Kier alpha value is -0.900. The minimum absolute atomic E-state index is 0.174. The molecule has 0 radical (unpaired) electrons. The van der Waals surface area contributed by atoms with E-state index in [1.807, 2.05) is 6.92 Å². The van der Waals surface area contributed by atoms with Gasteiger partial charge in [0.1, 0.15) is 0 Å². The number of benzene rings is 1. The first kappa shape index (κ1) is 13.5. The average Bonchev–Trinajstić information content (AvgIpc) is 2.39. The van der Waals surface area contributed by atoms with Crippen LogP contribution in [0.4, 0.5) is 0 Å². The normalized spacial score (nSPS) is 19.9. The number of rotatable bonds is 5. The molecule has 3 heteroatoms. The molecule has 0 aliphatic carbocycles. The van der Waals surface area contributed by atoms with Crippen molar-refractivity contribution < 1.29 is 5.11 Å². The van der Waals surface area contributed by atoms with Crippen LogP contribution in [-0.4, -0.2) is 53.7 Å². The van der Waals surface area contributed by atoms with Crippen LogP contribution in [0, 0.1) is 0 Å². The van der Waals surface area contributed by atoms with Gasteiger partial charge < -0.3 is 10.0 Å². The molecule has 1 aliphatic rings. The van der Waals surface area contributed by atoms with E-state index < -0.39 is 0 Å². The third-order valence-corrected chi connectivity index (χ3v) is 3.58. The fourth-order valence-corrected chi connectivity index (χ4v) is 2.38. The molecular formula is C15H24N2O. The monoisotopic (exact) mass is 248 g/mol. The molecule has 2 rings (SSSR count). The van der Waals surface area contributed by atoms with E-state index in [-0.39, 0.29) is 6.10 Å². The molecule has 3 nitrogen and oxygen atoms in total. The minimum atomic E-state index is -0.174. The minimum Gasteiger partial charge on any atom is -0.393 e. The molecule has 0 saturated carbocycles. The molecular weight excluding hydrogens is 224 g/mol. The van der Waals surface area contributed by atoms with Gasteiger partial charge in [0.2, 0.25) is 0 Å². The third kappa shape index (κ3) is 4.41. The lowest BCUT2D eigenvalue weighted by molar-refractivity contribution is 0.105. The second kappa shape index (κ2) is 6.88. The summed E-state index contributed by atoms with van der Waals surface area (Å²) in [6.45, 7) is 8.47. The van der Waals surface area contributed by atoms with E-state index in [2.05, 4.69) is 40.1 Å². The second-order valence-electron chi connectivity index (χ2n) is 5.24. The summed E-state index contributed by atoms with van der Waals surface area (Å²) in [5.41, 5.74) is 1.40. The maximum Gasteiger partial charge on any atom is 0.0524 e. The van der Waals surface area contributed by atoms with Crippen LogP contribution in [0.15, 0.2) is 30.3 Å². The lowest BCUT2D eigenvalue weighted by atomic mass is 10.2. The highest BCUT2D eigenvalue weighted by Crippen LogP contribution is 2.08. The summed E-state index contributed by atoms with van der Waals surface area (Å²) in [5, 5.41) is 9.29. The van der Waals surface area contributed by atoms with Gasteiger partial charge in [-0.15, -0.1) is 0 Å². The number of aliphatic hydroxyl groups excluding tert-OH is 1. The van der Waals surface area contributed by atoms with Crippen molar-refractivity contribution in [1.29, 1.82) is 0 Å². The molecule has 1 fully saturated rings. The van der Waals surface area contributed by atoms with Gasteiger partial charge in [0.25, 0.3) is 0 Å². The van der Waals surface area contributed by atoms with E-state index in [4.69, 9.17) is 0 Å². The lowest BCUT2D eigenvalue weighted by Crippen LogP contribution is -2.46. The smallest absolute Gasteiger partial charge is 0.0524 e. The van der Waals surface area contributed by atoms with E-state index in [0.29, 0.717) is 0 Å². The van der Waals surface area contributed by atoms with Crippen molar-refractivity contribution >= 4 is 0 Å². The lowest BCUT2D eigenvalue weighted by Gasteiger charge is -2.34. The van der Waals surface area contributed by atoms with Crippen LogP contribution in [0.2, 0.25) is 0 Å². The summed E-state index contributed by atoms with van der Waals surface area (Å²) >= 11 is 0. The van der Waals surface area contributed by atoms with Gasteiger partial charge in [0.05, 0.1) is 6.10 Å². The van der Waals surface area contributed by atoms with Crippen molar-refractivity contribution in [1.82, 2.24) is 9.80 Å². The molecule has 0 bridgehead atoms. The van der Waals surface area contributed by atoms with Gasteiger partial charge in [-0.25, -0.2) is 0 Å². The van der Waals surface area contributed by atoms with Gasteiger partial charge in [-0.3, -0.25) is 4.90 Å². The van der Waals surface area contributed by atoms with Gasteiger partial charge in [0.15, 0.2) is 0 Å². The quantitative estimate of drug-likeness (QED) is 0.857. The number of piperazine rings is 1. The molecule has 1 unspecified atom stereocenters. The maximum absolute atomic E-state index is 9.29. The van der Waals surface area contributed by atoms with Crippen molar-refractivity contribution in [3.05, 3.63) is 35.9 Å². The molecule has 100 valence electrons. The Morgan fingerprint density at radius 2 is 1.67 bits per heavy atom. The standard InChI is InChI=1S/C15H24N2O/c1-14(18)7-8-16-9-11-17(12-10-16)13-15-5-3-2-4-6-15/h2-6,14,18H,7-13H2,1H3. The summed E-state index contributed by atoms with van der Waals surface area (Å²) in [7, 11) is 0. The van der Waals surface area contributed by atoms with Gasteiger partial charge >= 0.3 is 0 Å². The first-order valence-electron chi connectivity index (χ1n) is 6.91. The zero-order valence-corrected chi connectivity index (χ0v) is 11.3. The molecule has 1 aliphatic heterocycles. The Labute approximate surface area is 110 Å². The largest absolute Gasteiger partial charge is 0.393 e. The molecule has 1 heterocycles. The predicted molar refractivity (Wildman–Crippen MR) is 74.5 cm³/mol. The Balaban J connectivity index is 1.70. The summed E-state index contributed by atoms with van der Waals surface area (Å²) < 4.78 is 0. The maximum atomic E-state index is 9.29. The van der Waals surface area contributed by atoms with Crippen LogP contribution in [-0.2, 0) is 6.54 Å². The number of aliphatic hydroxyl groups is 1. The van der Waals surface area contributed by atoms with Crippen LogP contribution >= 0.6 is 0 Å². The Morgan fingerprint density at radius 3 is 2.28 bits per heavy atom. The van der Waals surface area contributed by atoms with Crippen molar-refractivity contribution in [3.8, 4) is 0 Å². The summed E-state index contributed by atoms with van der Waals surface area (Å²) in [4.78, 5) is 4.96. The van der Waals surface area contributed by atoms with Crippen LogP contribution in [0.5, 0.6) is 0 Å². The molecule has 1 atom stereocenters. The first-order valence-corrected chi connectivity index (χ1v) is 6.91. The van der Waals surface area contributed by atoms with E-state index in [9.17, 15) is 5.11 Å². The Bertz CT molecular complexity index is 332. The van der Waals surface area contributed by atoms with E-state index in [1.54, 1.807) is 0 Å². The molecule has 0 aromatic heterocycles. The number of hydrogen-bond acceptors (Lipinski definition) is 3. The summed E-state index contributed by atoms with van der Waals surface area (Å²) in [6, 6.07) is 10.7. The highest BCUT2D eigenvalue weighted by Gasteiger charge is 2.16. The third-order valence-electron chi connectivity index (χ3n) is 3.58. The van der Waals surface area contributed by atoms with Crippen LogP contribution in [0.1, 0.15) is 18.9 Å². The zero-order chi connectivity index (χ0) is 12.8. The Morgan fingerprint density at radius 1 is 1.06 bits per heavy atom.